The van der Waals surface area contributed by atoms with Gasteiger partial charge in [-0.1, -0.05) is 0 Å². The Hall–Kier alpha value is -0.940. The molecule has 2 atom stereocenters. The van der Waals surface area contributed by atoms with Crippen molar-refractivity contribution in [3.05, 3.63) is 0 Å². The summed E-state index contributed by atoms with van der Waals surface area (Å²) in [6.45, 7) is 3.89. The molecule has 2 unspecified atom stereocenters. The van der Waals surface area contributed by atoms with Gasteiger partial charge in [0.05, 0.1) is 12.5 Å². The minimum atomic E-state index is -0.340. The van der Waals surface area contributed by atoms with E-state index in [-0.39, 0.29) is 29.8 Å². The highest BCUT2D eigenvalue weighted by molar-refractivity contribution is 6.05. The van der Waals surface area contributed by atoms with E-state index in [1.54, 1.807) is 0 Å². The van der Waals surface area contributed by atoms with E-state index in [0.29, 0.717) is 0 Å². The Morgan fingerprint density at radius 3 is 2.79 bits per heavy atom. The molecule has 0 bridgehead atoms. The molecule has 78 valence electrons. The monoisotopic (exact) mass is 197 g/mol. The molecular formula is C9H15N3O2. The molecule has 0 radical (unpaired) electrons. The maximum atomic E-state index is 11.3. The number of carbonyl (C=O) groups is 2. The second kappa shape index (κ2) is 3.33. The van der Waals surface area contributed by atoms with Crippen LogP contribution in [0.4, 0.5) is 0 Å². The summed E-state index contributed by atoms with van der Waals surface area (Å²) in [4.78, 5) is 22.3. The molecule has 3 N–H and O–H groups in total. The average molecular weight is 197 g/mol. The minimum absolute atomic E-state index is 0.0490. The Morgan fingerprint density at radius 1 is 1.50 bits per heavy atom. The van der Waals surface area contributed by atoms with Crippen LogP contribution in [0.2, 0.25) is 0 Å². The van der Waals surface area contributed by atoms with Crippen LogP contribution in [-0.4, -0.2) is 36.5 Å². The summed E-state index contributed by atoms with van der Waals surface area (Å²) >= 11 is 0. The topological polar surface area (TPSA) is 70.2 Å². The van der Waals surface area contributed by atoms with E-state index in [2.05, 4.69) is 22.9 Å². The van der Waals surface area contributed by atoms with Crippen LogP contribution < -0.4 is 16.0 Å². The highest BCUT2D eigenvalue weighted by atomic mass is 16.2. The average Bonchev–Trinajstić information content (AvgIpc) is 2.61. The summed E-state index contributed by atoms with van der Waals surface area (Å²) in [5.41, 5.74) is -0.0490. The third-order valence-electron chi connectivity index (χ3n) is 2.86. The van der Waals surface area contributed by atoms with E-state index in [1.807, 2.05) is 0 Å². The van der Waals surface area contributed by atoms with E-state index in [1.165, 1.54) is 0 Å². The first-order valence-corrected chi connectivity index (χ1v) is 4.91. The van der Waals surface area contributed by atoms with Gasteiger partial charge in [0.2, 0.25) is 11.8 Å². The maximum Gasteiger partial charge on any atom is 0.244 e. The lowest BCUT2D eigenvalue weighted by Gasteiger charge is -2.27. The molecular weight excluding hydrogens is 182 g/mol. The molecule has 5 nitrogen and oxygen atoms in total. The lowest BCUT2D eigenvalue weighted by molar-refractivity contribution is -0.125. The second-order valence-corrected chi connectivity index (χ2v) is 4.30. The van der Waals surface area contributed by atoms with Crippen LogP contribution in [0.5, 0.6) is 0 Å². The molecule has 0 saturated carbocycles. The fraction of sp³-hybridized carbons (Fsp3) is 0.778. The molecule has 0 aromatic heterocycles. The summed E-state index contributed by atoms with van der Waals surface area (Å²) in [6.07, 6.45) is 1.26. The van der Waals surface area contributed by atoms with Gasteiger partial charge in [0.25, 0.3) is 0 Å². The van der Waals surface area contributed by atoms with Crippen molar-refractivity contribution in [2.75, 3.05) is 13.1 Å². The summed E-state index contributed by atoms with van der Waals surface area (Å²) in [5.74, 6) is -0.370. The van der Waals surface area contributed by atoms with Gasteiger partial charge < -0.3 is 5.32 Å². The number of hydrogen-bond acceptors (Lipinski definition) is 4. The van der Waals surface area contributed by atoms with Crippen molar-refractivity contribution in [2.24, 2.45) is 0 Å². The molecule has 14 heavy (non-hydrogen) atoms. The van der Waals surface area contributed by atoms with Crippen molar-refractivity contribution in [1.82, 2.24) is 16.0 Å². The fourth-order valence-electron chi connectivity index (χ4n) is 2.03. The molecule has 5 heteroatoms. The third-order valence-corrected chi connectivity index (χ3v) is 2.86. The molecule has 2 fully saturated rings. The van der Waals surface area contributed by atoms with E-state index >= 15 is 0 Å². The predicted octanol–water partition coefficient (Wildman–Crippen LogP) is -1.26. The standard InChI is InChI=1S/C9H15N3O2/c1-9(2-3-10-5-9)12-6-4-7(13)11-8(6)14/h6,10,12H,2-5H2,1H3,(H,11,13,14). The zero-order valence-electron chi connectivity index (χ0n) is 8.22. The lowest BCUT2D eigenvalue weighted by atomic mass is 10.00. The fourth-order valence-corrected chi connectivity index (χ4v) is 2.03. The smallest absolute Gasteiger partial charge is 0.244 e. The number of imide groups is 1. The van der Waals surface area contributed by atoms with Gasteiger partial charge in [0.15, 0.2) is 0 Å². The van der Waals surface area contributed by atoms with E-state index in [9.17, 15) is 9.59 Å². The molecule has 2 amide bonds. The van der Waals surface area contributed by atoms with Crippen molar-refractivity contribution >= 4 is 11.8 Å². The zero-order valence-corrected chi connectivity index (χ0v) is 8.22. The molecule has 0 aromatic carbocycles. The first-order valence-electron chi connectivity index (χ1n) is 4.91. The summed E-state index contributed by atoms with van der Waals surface area (Å²) in [5, 5.41) is 8.77. The van der Waals surface area contributed by atoms with Crippen LogP contribution in [0.25, 0.3) is 0 Å². The number of hydrogen-bond donors (Lipinski definition) is 3. The SMILES string of the molecule is CC1(NC2CC(=O)NC2=O)CCNC1. The van der Waals surface area contributed by atoms with Gasteiger partial charge in [-0.2, -0.15) is 0 Å². The van der Waals surface area contributed by atoms with Gasteiger partial charge >= 0.3 is 0 Å². The van der Waals surface area contributed by atoms with Crippen molar-refractivity contribution < 1.29 is 9.59 Å². The van der Waals surface area contributed by atoms with Crippen molar-refractivity contribution in [3.63, 3.8) is 0 Å². The van der Waals surface area contributed by atoms with Crippen LogP contribution in [0.3, 0.4) is 0 Å². The summed E-state index contributed by atoms with van der Waals surface area (Å²) < 4.78 is 0. The van der Waals surface area contributed by atoms with Gasteiger partial charge in [-0.15, -0.1) is 0 Å². The van der Waals surface area contributed by atoms with Crippen LogP contribution in [-0.2, 0) is 9.59 Å². The molecule has 2 aliphatic heterocycles. The minimum Gasteiger partial charge on any atom is -0.315 e. The van der Waals surface area contributed by atoms with Gasteiger partial charge in [-0.25, -0.2) is 0 Å². The molecule has 0 aromatic rings. The molecule has 2 heterocycles. The molecule has 2 saturated heterocycles. The second-order valence-electron chi connectivity index (χ2n) is 4.30. The van der Waals surface area contributed by atoms with E-state index in [4.69, 9.17) is 0 Å². The predicted molar refractivity (Wildman–Crippen MR) is 50.6 cm³/mol. The van der Waals surface area contributed by atoms with E-state index in [0.717, 1.165) is 19.5 Å². The van der Waals surface area contributed by atoms with Crippen LogP contribution in [0.1, 0.15) is 19.8 Å². The van der Waals surface area contributed by atoms with Crippen molar-refractivity contribution in [2.45, 2.75) is 31.3 Å². The summed E-state index contributed by atoms with van der Waals surface area (Å²) in [6, 6.07) is -0.340. The Bertz CT molecular complexity index is 271. The highest BCUT2D eigenvalue weighted by Gasteiger charge is 2.37. The molecule has 2 rings (SSSR count). The normalized spacial score (nSPS) is 37.6. The number of nitrogens with one attached hydrogen (secondary N) is 3. The van der Waals surface area contributed by atoms with Gasteiger partial charge in [-0.05, 0) is 19.9 Å². The Kier molecular flexibility index (Phi) is 2.28. The van der Waals surface area contributed by atoms with Crippen LogP contribution in [0, 0.1) is 0 Å². The number of rotatable bonds is 2. The molecule has 0 aliphatic carbocycles. The molecule has 0 spiro atoms. The number of carbonyl (C=O) groups excluding carboxylic acids is 2. The highest BCUT2D eigenvalue weighted by Crippen LogP contribution is 2.16. The van der Waals surface area contributed by atoms with E-state index < -0.39 is 0 Å². The van der Waals surface area contributed by atoms with Crippen LogP contribution in [0.15, 0.2) is 0 Å². The first-order chi connectivity index (χ1) is 6.59. The maximum absolute atomic E-state index is 11.3. The van der Waals surface area contributed by atoms with Crippen LogP contribution >= 0.6 is 0 Å². The largest absolute Gasteiger partial charge is 0.315 e. The Balaban J connectivity index is 1.97. The Labute approximate surface area is 82.6 Å². The van der Waals surface area contributed by atoms with Crippen molar-refractivity contribution in [3.8, 4) is 0 Å². The number of amides is 2. The van der Waals surface area contributed by atoms with Crippen molar-refractivity contribution in [1.29, 1.82) is 0 Å². The lowest BCUT2D eigenvalue weighted by Crippen LogP contribution is -2.52. The summed E-state index contributed by atoms with van der Waals surface area (Å²) in [7, 11) is 0. The van der Waals surface area contributed by atoms with Gasteiger partial charge in [0, 0.05) is 12.1 Å². The quantitative estimate of drug-likeness (QED) is 0.483. The zero-order chi connectivity index (χ0) is 10.2. The molecule has 2 aliphatic rings. The third kappa shape index (κ3) is 1.78. The van der Waals surface area contributed by atoms with Gasteiger partial charge in [-0.3, -0.25) is 20.2 Å². The van der Waals surface area contributed by atoms with Gasteiger partial charge in [0.1, 0.15) is 0 Å². The Morgan fingerprint density at radius 2 is 2.29 bits per heavy atom. The first kappa shape index (κ1) is 9.61.